The van der Waals surface area contributed by atoms with E-state index in [1.807, 2.05) is 6.92 Å². The molecule has 0 saturated heterocycles. The average Bonchev–Trinajstić information content (AvgIpc) is 1.99. The molecule has 11 heavy (non-hydrogen) atoms. The molecule has 3 heteroatoms. The Labute approximate surface area is 79.5 Å². The minimum absolute atomic E-state index is 0.0233. The molecule has 0 aliphatic heterocycles. The van der Waals surface area contributed by atoms with E-state index in [1.165, 1.54) is 17.3 Å². The minimum atomic E-state index is -0.768. The zero-order valence-electron chi connectivity index (χ0n) is 7.35. The second-order valence-electron chi connectivity index (χ2n) is 2.47. The van der Waals surface area contributed by atoms with E-state index in [1.54, 1.807) is 0 Å². The van der Waals surface area contributed by atoms with Crippen molar-refractivity contribution in [3.8, 4) is 0 Å². The Morgan fingerprint density at radius 2 is 2.09 bits per heavy atom. The molecule has 64 valence electrons. The quantitative estimate of drug-likeness (QED) is 0.542. The van der Waals surface area contributed by atoms with Gasteiger partial charge >= 0.3 is 79.4 Å². The van der Waals surface area contributed by atoms with Gasteiger partial charge in [-0.3, -0.25) is 0 Å². The molecule has 0 N–H and O–H groups in total. The van der Waals surface area contributed by atoms with Crippen LogP contribution in [0.25, 0.3) is 0 Å². The summed E-state index contributed by atoms with van der Waals surface area (Å²) in [5.41, 5.74) is 0. The molecule has 0 bridgehead atoms. The Hall–Kier alpha value is 0.269. The van der Waals surface area contributed by atoms with Gasteiger partial charge in [0.05, 0.1) is 0 Å². The molecular weight excluding hydrogens is 247 g/mol. The van der Waals surface area contributed by atoms with Gasteiger partial charge in [-0.25, -0.2) is 0 Å². The summed E-state index contributed by atoms with van der Waals surface area (Å²) >= 11 is -0.768. The van der Waals surface area contributed by atoms with Crippen molar-refractivity contribution in [1.29, 1.82) is 0 Å². The van der Waals surface area contributed by atoms with Gasteiger partial charge in [-0.2, -0.15) is 0 Å². The molecule has 0 fully saturated rings. The molecule has 0 aromatic carbocycles. The van der Waals surface area contributed by atoms with Crippen molar-refractivity contribution < 1.29 is 7.87 Å². The van der Waals surface area contributed by atoms with Gasteiger partial charge in [0.25, 0.3) is 0 Å². The molecule has 0 aliphatic rings. The summed E-state index contributed by atoms with van der Waals surface area (Å²) in [6, 6.07) is 0. The first kappa shape index (κ1) is 11.3. The monoisotopic (exact) mass is 264 g/mol. The normalized spacial score (nSPS) is 9.64. The molecule has 0 rings (SSSR count). The van der Waals surface area contributed by atoms with Crippen LogP contribution in [0.1, 0.15) is 39.5 Å². The van der Waals surface area contributed by atoms with E-state index in [0.717, 1.165) is 6.42 Å². The Bertz CT molecular complexity index is 104. The molecule has 2 radical (unpaired) electrons. The number of unbranched alkanes of at least 4 members (excludes halogenated alkanes) is 1. The summed E-state index contributed by atoms with van der Waals surface area (Å²) in [6.07, 6.45) is 3.96. The van der Waals surface area contributed by atoms with Crippen LogP contribution in [0.3, 0.4) is 0 Å². The Kier molecular flexibility index (Phi) is 8.57. The summed E-state index contributed by atoms with van der Waals surface area (Å²) in [4.78, 5) is 10.8. The van der Waals surface area contributed by atoms with Crippen molar-refractivity contribution in [3.63, 3.8) is 0 Å². The molecule has 0 aliphatic carbocycles. The molecule has 0 aromatic rings. The van der Waals surface area contributed by atoms with E-state index >= 15 is 0 Å². The number of rotatable bonds is 6. The van der Waals surface area contributed by atoms with E-state index in [9.17, 15) is 4.79 Å². The third-order valence-electron chi connectivity index (χ3n) is 1.27. The third kappa shape index (κ3) is 8.17. The summed E-state index contributed by atoms with van der Waals surface area (Å²) in [7, 11) is 0. The predicted molar refractivity (Wildman–Crippen MR) is 46.5 cm³/mol. The average molecular weight is 263 g/mol. The van der Waals surface area contributed by atoms with Crippen LogP contribution < -0.4 is 0 Å². The standard InChI is InChI=1S/C4H8O2.C4H9.Sn/c1-2-3-4(5)6;1-3-4-2;/h2-3H2,1H3,(H,5,6);1,3-4H2,2H3;/q;;+1/p-1. The maximum atomic E-state index is 10.8. The third-order valence-corrected chi connectivity index (χ3v) is 3.93. The van der Waals surface area contributed by atoms with Crippen LogP contribution in [0.15, 0.2) is 0 Å². The molecule has 0 atom stereocenters. The topological polar surface area (TPSA) is 26.3 Å². The van der Waals surface area contributed by atoms with Gasteiger partial charge in [0.15, 0.2) is 0 Å². The fourth-order valence-electron chi connectivity index (χ4n) is 0.636. The van der Waals surface area contributed by atoms with Crippen molar-refractivity contribution in [2.75, 3.05) is 0 Å². The number of carbonyl (C=O) groups is 1. The van der Waals surface area contributed by atoms with Gasteiger partial charge in [0, 0.05) is 0 Å². The van der Waals surface area contributed by atoms with Crippen LogP contribution in [-0.2, 0) is 7.87 Å². The Morgan fingerprint density at radius 3 is 2.64 bits per heavy atom. The van der Waals surface area contributed by atoms with Crippen LogP contribution >= 0.6 is 0 Å². The van der Waals surface area contributed by atoms with Gasteiger partial charge in [-0.1, -0.05) is 0 Å². The zero-order chi connectivity index (χ0) is 8.53. The van der Waals surface area contributed by atoms with Crippen LogP contribution in [0.5, 0.6) is 0 Å². The summed E-state index contributed by atoms with van der Waals surface area (Å²) < 4.78 is 6.29. The van der Waals surface area contributed by atoms with Crippen molar-refractivity contribution in [3.05, 3.63) is 0 Å². The first-order chi connectivity index (χ1) is 5.31. The van der Waals surface area contributed by atoms with Crippen molar-refractivity contribution in [2.45, 2.75) is 44.0 Å². The van der Waals surface area contributed by atoms with Crippen LogP contribution in [0.2, 0.25) is 4.44 Å². The van der Waals surface area contributed by atoms with Crippen LogP contribution in [0.4, 0.5) is 0 Å². The van der Waals surface area contributed by atoms with E-state index in [-0.39, 0.29) is 5.97 Å². The summed E-state index contributed by atoms with van der Waals surface area (Å²) in [5, 5.41) is 0. The van der Waals surface area contributed by atoms with Crippen LogP contribution in [-0.4, -0.2) is 27.5 Å². The molecule has 0 saturated carbocycles. The summed E-state index contributed by atoms with van der Waals surface area (Å²) in [6.45, 7) is 4.16. The molecule has 0 heterocycles. The van der Waals surface area contributed by atoms with E-state index in [4.69, 9.17) is 3.07 Å². The maximum absolute atomic E-state index is 10.8. The Morgan fingerprint density at radius 1 is 1.36 bits per heavy atom. The first-order valence-corrected chi connectivity index (χ1v) is 7.42. The van der Waals surface area contributed by atoms with Crippen LogP contribution in [0, 0.1) is 0 Å². The molecule has 0 unspecified atom stereocenters. The molecule has 2 nitrogen and oxygen atoms in total. The van der Waals surface area contributed by atoms with Gasteiger partial charge in [0.2, 0.25) is 0 Å². The fourth-order valence-corrected chi connectivity index (χ4v) is 3.10. The van der Waals surface area contributed by atoms with Gasteiger partial charge in [-0.15, -0.1) is 0 Å². The SMILES string of the molecule is CCC[CH2][Sn][O]C(=O)CCC. The van der Waals surface area contributed by atoms with Gasteiger partial charge < -0.3 is 0 Å². The second kappa shape index (κ2) is 8.37. The number of hydrogen-bond donors (Lipinski definition) is 0. The molecule has 0 spiro atoms. The zero-order valence-corrected chi connectivity index (χ0v) is 10.2. The van der Waals surface area contributed by atoms with Crippen molar-refractivity contribution >= 4 is 27.5 Å². The van der Waals surface area contributed by atoms with Gasteiger partial charge in [-0.05, 0) is 0 Å². The number of carbonyl (C=O) groups excluding carboxylic acids is 1. The second-order valence-corrected chi connectivity index (χ2v) is 5.31. The van der Waals surface area contributed by atoms with E-state index < -0.39 is 21.6 Å². The number of hydrogen-bond acceptors (Lipinski definition) is 2. The first-order valence-electron chi connectivity index (χ1n) is 4.23. The van der Waals surface area contributed by atoms with E-state index in [2.05, 4.69) is 6.92 Å². The van der Waals surface area contributed by atoms with Gasteiger partial charge in [0.1, 0.15) is 0 Å². The van der Waals surface area contributed by atoms with E-state index in [0.29, 0.717) is 6.42 Å². The Balaban J connectivity index is 3.04. The fraction of sp³-hybridized carbons (Fsp3) is 0.875. The van der Waals surface area contributed by atoms with Crippen molar-refractivity contribution in [2.24, 2.45) is 0 Å². The molecule has 0 aromatic heterocycles. The molecule has 0 amide bonds. The predicted octanol–water partition coefficient (Wildman–Crippen LogP) is 2.17. The van der Waals surface area contributed by atoms with Crippen molar-refractivity contribution in [1.82, 2.24) is 0 Å². The molecular formula is C8H16O2Sn. The summed E-state index contributed by atoms with van der Waals surface area (Å²) in [5.74, 6) is 0.0233.